The zero-order valence-corrected chi connectivity index (χ0v) is 18.6. The van der Waals surface area contributed by atoms with Gasteiger partial charge in [0.25, 0.3) is 5.91 Å². The number of para-hydroxylation sites is 2. The standard InChI is InChI=1S/C26H19BrN2O3/c27-18-11-9-16(10-12-18)21(22-15-28-23-7-3-2-6-19(22)23)14-29-25(30)20-13-17-5-1-4-8-24(17)32-26(20)31/h1-13,15,21,28H,14H2,(H,29,30). The topological polar surface area (TPSA) is 75.1 Å². The molecule has 1 unspecified atom stereocenters. The Morgan fingerprint density at radius 2 is 1.75 bits per heavy atom. The smallest absolute Gasteiger partial charge is 0.349 e. The molecule has 0 aliphatic heterocycles. The van der Waals surface area contributed by atoms with Gasteiger partial charge in [0.1, 0.15) is 11.1 Å². The van der Waals surface area contributed by atoms with E-state index in [1.165, 1.54) is 0 Å². The van der Waals surface area contributed by atoms with E-state index in [1.54, 1.807) is 18.2 Å². The molecule has 0 fully saturated rings. The molecule has 2 heterocycles. The number of H-pyrrole nitrogens is 1. The predicted molar refractivity (Wildman–Crippen MR) is 129 cm³/mol. The van der Waals surface area contributed by atoms with Crippen molar-refractivity contribution >= 4 is 43.7 Å². The summed E-state index contributed by atoms with van der Waals surface area (Å²) >= 11 is 3.48. The van der Waals surface area contributed by atoms with E-state index in [9.17, 15) is 9.59 Å². The summed E-state index contributed by atoms with van der Waals surface area (Å²) in [5.74, 6) is -0.554. The number of halogens is 1. The summed E-state index contributed by atoms with van der Waals surface area (Å²) < 4.78 is 6.30. The second-order valence-electron chi connectivity index (χ2n) is 7.59. The SMILES string of the molecule is O=C(NCC(c1ccc(Br)cc1)c1c[nH]c2ccccc12)c1cc2ccccc2oc1=O. The molecular formula is C26H19BrN2O3. The van der Waals surface area contributed by atoms with Crippen molar-refractivity contribution < 1.29 is 9.21 Å². The molecule has 2 aromatic heterocycles. The van der Waals surface area contributed by atoms with E-state index in [0.717, 1.165) is 26.5 Å². The Morgan fingerprint density at radius 1 is 1.00 bits per heavy atom. The molecule has 0 bridgehead atoms. The molecule has 32 heavy (non-hydrogen) atoms. The first-order chi connectivity index (χ1) is 15.6. The van der Waals surface area contributed by atoms with Gasteiger partial charge >= 0.3 is 5.63 Å². The van der Waals surface area contributed by atoms with Gasteiger partial charge in [0.05, 0.1) is 0 Å². The Hall–Kier alpha value is -3.64. The van der Waals surface area contributed by atoms with Gasteiger partial charge in [0.2, 0.25) is 0 Å². The van der Waals surface area contributed by atoms with Crippen molar-refractivity contribution in [2.24, 2.45) is 0 Å². The average Bonchev–Trinajstić information content (AvgIpc) is 3.24. The van der Waals surface area contributed by atoms with Gasteiger partial charge in [-0.25, -0.2) is 4.79 Å². The number of nitrogens with one attached hydrogen (secondary N) is 2. The fourth-order valence-electron chi connectivity index (χ4n) is 3.99. The van der Waals surface area contributed by atoms with Gasteiger partial charge in [0, 0.05) is 39.4 Å². The molecule has 6 heteroatoms. The molecule has 0 aliphatic carbocycles. The summed E-state index contributed by atoms with van der Waals surface area (Å²) in [6, 6.07) is 24.8. The Balaban J connectivity index is 1.48. The van der Waals surface area contributed by atoms with Crippen LogP contribution in [0.1, 0.15) is 27.4 Å². The van der Waals surface area contributed by atoms with Crippen molar-refractivity contribution in [2.75, 3.05) is 6.54 Å². The first kappa shape index (κ1) is 20.3. The lowest BCUT2D eigenvalue weighted by Crippen LogP contribution is -2.32. The van der Waals surface area contributed by atoms with E-state index < -0.39 is 11.5 Å². The molecule has 0 saturated heterocycles. The number of benzene rings is 3. The summed E-state index contributed by atoms with van der Waals surface area (Å²) in [6.45, 7) is 0.328. The molecule has 0 saturated carbocycles. The van der Waals surface area contributed by atoms with Gasteiger partial charge in [-0.3, -0.25) is 4.79 Å². The van der Waals surface area contributed by atoms with Crippen LogP contribution < -0.4 is 10.9 Å². The number of hydrogen-bond donors (Lipinski definition) is 2. The molecule has 158 valence electrons. The monoisotopic (exact) mass is 486 g/mol. The van der Waals surface area contributed by atoms with Gasteiger partial charge in [-0.1, -0.05) is 64.5 Å². The van der Waals surface area contributed by atoms with Crippen LogP contribution in [0.4, 0.5) is 0 Å². The molecule has 3 aromatic carbocycles. The molecule has 5 rings (SSSR count). The average molecular weight is 487 g/mol. The van der Waals surface area contributed by atoms with Crippen LogP contribution in [0.2, 0.25) is 0 Å². The van der Waals surface area contributed by atoms with Crippen LogP contribution in [0.3, 0.4) is 0 Å². The van der Waals surface area contributed by atoms with Crippen LogP contribution in [-0.2, 0) is 0 Å². The molecule has 1 atom stereocenters. The van der Waals surface area contributed by atoms with Crippen molar-refractivity contribution in [2.45, 2.75) is 5.92 Å². The highest BCUT2D eigenvalue weighted by Crippen LogP contribution is 2.31. The number of aromatic amines is 1. The Bertz CT molecular complexity index is 1480. The maximum absolute atomic E-state index is 12.9. The minimum Gasteiger partial charge on any atom is -0.422 e. The number of aromatic nitrogens is 1. The zero-order chi connectivity index (χ0) is 22.1. The summed E-state index contributed by atoms with van der Waals surface area (Å²) in [5.41, 5.74) is 2.98. The van der Waals surface area contributed by atoms with Crippen molar-refractivity contribution in [3.8, 4) is 0 Å². The van der Waals surface area contributed by atoms with Gasteiger partial charge in [-0.15, -0.1) is 0 Å². The van der Waals surface area contributed by atoms with E-state index in [-0.39, 0.29) is 11.5 Å². The lowest BCUT2D eigenvalue weighted by atomic mass is 9.91. The Labute approximate surface area is 192 Å². The normalized spacial score (nSPS) is 12.2. The molecular weight excluding hydrogens is 468 g/mol. The molecule has 5 nitrogen and oxygen atoms in total. The molecule has 0 radical (unpaired) electrons. The molecule has 0 aliphatic rings. The van der Waals surface area contributed by atoms with Crippen molar-refractivity contribution in [3.05, 3.63) is 117 Å². The number of rotatable bonds is 5. The second kappa shape index (κ2) is 8.48. The van der Waals surface area contributed by atoms with E-state index in [2.05, 4.69) is 32.3 Å². The quantitative estimate of drug-likeness (QED) is 0.317. The predicted octanol–water partition coefficient (Wildman–Crippen LogP) is 5.60. The molecule has 2 N–H and O–H groups in total. The lowest BCUT2D eigenvalue weighted by Gasteiger charge is -2.18. The van der Waals surface area contributed by atoms with Crippen LogP contribution >= 0.6 is 15.9 Å². The third-order valence-electron chi connectivity index (χ3n) is 5.62. The minimum absolute atomic E-state index is 0.00261. The van der Waals surface area contributed by atoms with Crippen LogP contribution in [0.15, 0.2) is 98.7 Å². The second-order valence-corrected chi connectivity index (χ2v) is 8.50. The lowest BCUT2D eigenvalue weighted by molar-refractivity contribution is 0.0949. The number of amides is 1. The van der Waals surface area contributed by atoms with E-state index in [1.807, 2.05) is 60.8 Å². The van der Waals surface area contributed by atoms with Gasteiger partial charge in [-0.05, 0) is 41.5 Å². The maximum Gasteiger partial charge on any atom is 0.349 e. The van der Waals surface area contributed by atoms with Crippen molar-refractivity contribution in [3.63, 3.8) is 0 Å². The Morgan fingerprint density at radius 3 is 2.59 bits per heavy atom. The fraction of sp³-hybridized carbons (Fsp3) is 0.0769. The van der Waals surface area contributed by atoms with Crippen LogP contribution in [0.5, 0.6) is 0 Å². The summed E-state index contributed by atoms with van der Waals surface area (Å²) in [6.07, 6.45) is 1.98. The van der Waals surface area contributed by atoms with E-state index in [4.69, 9.17) is 4.42 Å². The number of hydrogen-bond acceptors (Lipinski definition) is 3. The van der Waals surface area contributed by atoms with Gasteiger partial charge in [-0.2, -0.15) is 0 Å². The third-order valence-corrected chi connectivity index (χ3v) is 6.15. The first-order valence-electron chi connectivity index (χ1n) is 10.2. The zero-order valence-electron chi connectivity index (χ0n) is 17.0. The molecule has 0 spiro atoms. The molecule has 1 amide bonds. The Kier molecular flexibility index (Phi) is 5.37. The number of fused-ring (bicyclic) bond motifs is 2. The minimum atomic E-state index is -0.645. The molecule has 5 aromatic rings. The third kappa shape index (κ3) is 3.85. The number of carbonyl (C=O) groups is 1. The summed E-state index contributed by atoms with van der Waals surface area (Å²) in [5, 5.41) is 4.75. The highest BCUT2D eigenvalue weighted by atomic mass is 79.9. The summed E-state index contributed by atoms with van der Waals surface area (Å²) in [7, 11) is 0. The van der Waals surface area contributed by atoms with Crippen LogP contribution in [-0.4, -0.2) is 17.4 Å². The van der Waals surface area contributed by atoms with Crippen LogP contribution in [0, 0.1) is 0 Å². The van der Waals surface area contributed by atoms with E-state index >= 15 is 0 Å². The van der Waals surface area contributed by atoms with E-state index in [0.29, 0.717) is 17.5 Å². The number of carbonyl (C=O) groups excluding carboxylic acids is 1. The summed E-state index contributed by atoms with van der Waals surface area (Å²) in [4.78, 5) is 28.6. The van der Waals surface area contributed by atoms with Crippen LogP contribution in [0.25, 0.3) is 21.9 Å². The highest BCUT2D eigenvalue weighted by molar-refractivity contribution is 9.10. The van der Waals surface area contributed by atoms with Crippen molar-refractivity contribution in [1.29, 1.82) is 0 Å². The first-order valence-corrected chi connectivity index (χ1v) is 11.0. The largest absolute Gasteiger partial charge is 0.422 e. The van der Waals surface area contributed by atoms with Crippen molar-refractivity contribution in [1.82, 2.24) is 10.3 Å². The van der Waals surface area contributed by atoms with Gasteiger partial charge in [0.15, 0.2) is 0 Å². The highest BCUT2D eigenvalue weighted by Gasteiger charge is 2.21. The van der Waals surface area contributed by atoms with Gasteiger partial charge < -0.3 is 14.7 Å². The fourth-order valence-corrected chi connectivity index (χ4v) is 4.26. The maximum atomic E-state index is 12.9.